The third-order valence-corrected chi connectivity index (χ3v) is 2.84. The maximum atomic E-state index is 11.9. The van der Waals surface area contributed by atoms with Crippen LogP contribution in [0.2, 0.25) is 0 Å². The van der Waals surface area contributed by atoms with Crippen LogP contribution < -0.4 is 16.0 Å². The highest BCUT2D eigenvalue weighted by molar-refractivity contribution is 5.97. The van der Waals surface area contributed by atoms with Gasteiger partial charge in [0.05, 0.1) is 6.54 Å². The predicted molar refractivity (Wildman–Crippen MR) is 81.0 cm³/mol. The van der Waals surface area contributed by atoms with Gasteiger partial charge in [0.2, 0.25) is 5.91 Å². The van der Waals surface area contributed by atoms with Gasteiger partial charge in [0.25, 0.3) is 5.91 Å². The van der Waals surface area contributed by atoms with Gasteiger partial charge in [-0.25, -0.2) is 0 Å². The molecule has 0 unspecified atom stereocenters. The summed E-state index contributed by atoms with van der Waals surface area (Å²) in [5, 5.41) is 8.55. The van der Waals surface area contributed by atoms with E-state index in [9.17, 15) is 9.59 Å². The molecule has 0 heterocycles. The molecule has 0 bridgehead atoms. The zero-order chi connectivity index (χ0) is 15.0. The first-order chi connectivity index (χ1) is 9.58. The first kappa shape index (κ1) is 16.0. The molecule has 5 heteroatoms. The molecule has 1 aromatic carbocycles. The molecular formula is C15H23N3O2. The Morgan fingerprint density at radius 2 is 1.90 bits per heavy atom. The number of amides is 2. The molecule has 5 nitrogen and oxygen atoms in total. The molecule has 0 aliphatic carbocycles. The number of hydrogen-bond donors (Lipinski definition) is 3. The van der Waals surface area contributed by atoms with Crippen LogP contribution in [0, 0.1) is 6.92 Å². The zero-order valence-electron chi connectivity index (χ0n) is 12.4. The lowest BCUT2D eigenvalue weighted by Crippen LogP contribution is -2.37. The van der Waals surface area contributed by atoms with Crippen molar-refractivity contribution >= 4 is 17.5 Å². The van der Waals surface area contributed by atoms with Crippen LogP contribution in [0.3, 0.4) is 0 Å². The number of hydrogen-bond acceptors (Lipinski definition) is 3. The highest BCUT2D eigenvalue weighted by Gasteiger charge is 2.09. The van der Waals surface area contributed by atoms with Gasteiger partial charge in [-0.05, 0) is 44.0 Å². The first-order valence-corrected chi connectivity index (χ1v) is 6.97. The molecule has 0 saturated carbocycles. The molecule has 1 aromatic rings. The van der Waals surface area contributed by atoms with Crippen LogP contribution in [0.5, 0.6) is 0 Å². The van der Waals surface area contributed by atoms with Gasteiger partial charge in [-0.3, -0.25) is 9.59 Å². The Bertz CT molecular complexity index is 472. The smallest absolute Gasteiger partial charge is 0.251 e. The fourth-order valence-electron chi connectivity index (χ4n) is 1.78. The van der Waals surface area contributed by atoms with E-state index in [1.165, 1.54) is 0 Å². The van der Waals surface area contributed by atoms with Gasteiger partial charge in [0, 0.05) is 24.3 Å². The Morgan fingerprint density at radius 3 is 2.50 bits per heavy atom. The van der Waals surface area contributed by atoms with Gasteiger partial charge in [0.1, 0.15) is 0 Å². The summed E-state index contributed by atoms with van der Waals surface area (Å²) in [6.45, 7) is 7.42. The topological polar surface area (TPSA) is 70.2 Å². The van der Waals surface area contributed by atoms with E-state index in [0.717, 1.165) is 24.2 Å². The molecule has 0 saturated heterocycles. The van der Waals surface area contributed by atoms with Crippen molar-refractivity contribution in [1.29, 1.82) is 0 Å². The van der Waals surface area contributed by atoms with Crippen LogP contribution in [0.1, 0.15) is 36.2 Å². The van der Waals surface area contributed by atoms with Gasteiger partial charge in [0.15, 0.2) is 0 Å². The van der Waals surface area contributed by atoms with Crippen molar-refractivity contribution in [3.8, 4) is 0 Å². The molecule has 3 N–H and O–H groups in total. The van der Waals surface area contributed by atoms with E-state index in [4.69, 9.17) is 0 Å². The Kier molecular flexibility index (Phi) is 6.56. The first-order valence-electron chi connectivity index (χ1n) is 6.97. The SMILES string of the molecule is CCCNC(=O)CNC(=O)c1ccc(NCC)c(C)c1. The summed E-state index contributed by atoms with van der Waals surface area (Å²) in [6.07, 6.45) is 0.880. The van der Waals surface area contributed by atoms with Crippen molar-refractivity contribution in [2.45, 2.75) is 27.2 Å². The lowest BCUT2D eigenvalue weighted by molar-refractivity contribution is -0.120. The molecule has 20 heavy (non-hydrogen) atoms. The average molecular weight is 277 g/mol. The minimum absolute atomic E-state index is 0.00679. The van der Waals surface area contributed by atoms with Crippen LogP contribution in [0.4, 0.5) is 5.69 Å². The minimum atomic E-state index is -0.234. The molecule has 0 fully saturated rings. The van der Waals surface area contributed by atoms with Crippen LogP contribution in [-0.2, 0) is 4.79 Å². The Balaban J connectivity index is 2.55. The summed E-state index contributed by atoms with van der Waals surface area (Å²) in [5.74, 6) is -0.399. The van der Waals surface area contributed by atoms with Gasteiger partial charge >= 0.3 is 0 Å². The number of aryl methyl sites for hydroxylation is 1. The standard InChI is InChI=1S/C15H23N3O2/c1-4-8-17-14(19)10-18-15(20)12-6-7-13(16-5-2)11(3)9-12/h6-7,9,16H,4-5,8,10H2,1-3H3,(H,17,19)(H,18,20). The molecule has 0 atom stereocenters. The molecule has 0 aliphatic heterocycles. The molecule has 0 spiro atoms. The second-order valence-electron chi connectivity index (χ2n) is 4.59. The van der Waals surface area contributed by atoms with Gasteiger partial charge in [-0.1, -0.05) is 6.92 Å². The maximum Gasteiger partial charge on any atom is 0.251 e. The molecule has 0 radical (unpaired) electrons. The van der Waals surface area contributed by atoms with Crippen LogP contribution in [0.15, 0.2) is 18.2 Å². The largest absolute Gasteiger partial charge is 0.385 e. The average Bonchev–Trinajstić information content (AvgIpc) is 2.44. The Morgan fingerprint density at radius 1 is 1.15 bits per heavy atom. The molecule has 2 amide bonds. The zero-order valence-corrected chi connectivity index (χ0v) is 12.4. The summed E-state index contributed by atoms with van der Waals surface area (Å²) in [7, 11) is 0. The highest BCUT2D eigenvalue weighted by atomic mass is 16.2. The summed E-state index contributed by atoms with van der Waals surface area (Å²) in [4.78, 5) is 23.3. The van der Waals surface area contributed by atoms with Crippen LogP contribution in [0.25, 0.3) is 0 Å². The maximum absolute atomic E-state index is 11.9. The fourth-order valence-corrected chi connectivity index (χ4v) is 1.78. The van der Waals surface area contributed by atoms with E-state index in [1.54, 1.807) is 6.07 Å². The molecule has 110 valence electrons. The number of rotatable bonds is 7. The number of carbonyl (C=O) groups is 2. The fraction of sp³-hybridized carbons (Fsp3) is 0.467. The lowest BCUT2D eigenvalue weighted by atomic mass is 10.1. The van der Waals surface area contributed by atoms with Gasteiger partial charge in [-0.2, -0.15) is 0 Å². The quantitative estimate of drug-likeness (QED) is 0.710. The molecule has 0 aliphatic rings. The minimum Gasteiger partial charge on any atom is -0.385 e. The summed E-state index contributed by atoms with van der Waals surface area (Å²) in [6, 6.07) is 5.45. The monoisotopic (exact) mass is 277 g/mol. The van der Waals surface area contributed by atoms with Gasteiger partial charge < -0.3 is 16.0 Å². The van der Waals surface area contributed by atoms with E-state index in [0.29, 0.717) is 12.1 Å². The summed E-state index contributed by atoms with van der Waals surface area (Å²) in [5.41, 5.74) is 2.59. The van der Waals surface area contributed by atoms with Crippen molar-refractivity contribution in [1.82, 2.24) is 10.6 Å². The number of anilines is 1. The highest BCUT2D eigenvalue weighted by Crippen LogP contribution is 2.16. The van der Waals surface area contributed by atoms with Crippen LogP contribution in [-0.4, -0.2) is 31.4 Å². The predicted octanol–water partition coefficient (Wildman–Crippen LogP) is 1.68. The van der Waals surface area contributed by atoms with Crippen LogP contribution >= 0.6 is 0 Å². The Labute approximate surface area is 120 Å². The molecular weight excluding hydrogens is 254 g/mol. The van der Waals surface area contributed by atoms with Crippen molar-refractivity contribution in [3.63, 3.8) is 0 Å². The Hall–Kier alpha value is -2.04. The van der Waals surface area contributed by atoms with E-state index in [-0.39, 0.29) is 18.4 Å². The van der Waals surface area contributed by atoms with Crippen molar-refractivity contribution in [2.24, 2.45) is 0 Å². The summed E-state index contributed by atoms with van der Waals surface area (Å²) < 4.78 is 0. The third kappa shape index (κ3) is 4.91. The van der Waals surface area contributed by atoms with Crippen molar-refractivity contribution in [2.75, 3.05) is 25.0 Å². The normalized spacial score (nSPS) is 9.95. The number of carbonyl (C=O) groups excluding carboxylic acids is 2. The van der Waals surface area contributed by atoms with E-state index < -0.39 is 0 Å². The number of nitrogens with one attached hydrogen (secondary N) is 3. The van der Waals surface area contributed by atoms with Crippen molar-refractivity contribution < 1.29 is 9.59 Å². The molecule has 0 aromatic heterocycles. The lowest BCUT2D eigenvalue weighted by Gasteiger charge is -2.10. The summed E-state index contributed by atoms with van der Waals surface area (Å²) >= 11 is 0. The van der Waals surface area contributed by atoms with E-state index >= 15 is 0 Å². The second-order valence-corrected chi connectivity index (χ2v) is 4.59. The second kappa shape index (κ2) is 8.19. The van der Waals surface area contributed by atoms with Gasteiger partial charge in [-0.15, -0.1) is 0 Å². The number of benzene rings is 1. The third-order valence-electron chi connectivity index (χ3n) is 2.84. The van der Waals surface area contributed by atoms with Crippen molar-refractivity contribution in [3.05, 3.63) is 29.3 Å². The molecule has 1 rings (SSSR count). The van der Waals surface area contributed by atoms with E-state index in [1.807, 2.05) is 32.9 Å². The van der Waals surface area contributed by atoms with E-state index in [2.05, 4.69) is 16.0 Å².